The molecule has 68 valence electrons. The van der Waals surface area contributed by atoms with E-state index >= 15 is 0 Å². The van der Waals surface area contributed by atoms with Crippen LogP contribution < -0.4 is 5.32 Å². The molecule has 0 bridgehead atoms. The van der Waals surface area contributed by atoms with E-state index in [0.717, 1.165) is 0 Å². The lowest BCUT2D eigenvalue weighted by molar-refractivity contribution is 0.657. The van der Waals surface area contributed by atoms with E-state index in [4.69, 9.17) is 0 Å². The number of rotatable bonds is 2. The van der Waals surface area contributed by atoms with Gasteiger partial charge in [-0.1, -0.05) is 6.07 Å². The number of pyridine rings is 1. The summed E-state index contributed by atoms with van der Waals surface area (Å²) >= 11 is 0. The minimum absolute atomic E-state index is 0.347. The molecule has 2 aromatic heterocycles. The van der Waals surface area contributed by atoms with Crippen LogP contribution in [0.3, 0.4) is 0 Å². The van der Waals surface area contributed by atoms with Gasteiger partial charge in [0.1, 0.15) is 0 Å². The molecule has 0 aliphatic rings. The maximum atomic E-state index is 4.26. The van der Waals surface area contributed by atoms with Gasteiger partial charge in [0.05, 0.1) is 11.7 Å². The van der Waals surface area contributed by atoms with Crippen LogP contribution in [0, 0.1) is 0 Å². The van der Waals surface area contributed by atoms with Crippen molar-refractivity contribution in [2.75, 3.05) is 7.05 Å². The number of nitrogens with one attached hydrogen (secondary N) is 1. The number of fused-ring (bicyclic) bond motifs is 1. The fraction of sp³-hybridized carbons (Fsp3) is 0.300. The molecule has 0 spiro atoms. The molecule has 0 radical (unpaired) electrons. The SMILES string of the molecule is CNC(C)c1cnn2ccccc12. The quantitative estimate of drug-likeness (QED) is 0.751. The van der Waals surface area contributed by atoms with E-state index in [1.54, 1.807) is 0 Å². The Kier molecular flexibility index (Phi) is 2.02. The van der Waals surface area contributed by atoms with E-state index < -0.39 is 0 Å². The molecular formula is C10H13N3. The Balaban J connectivity index is 2.57. The average Bonchev–Trinajstić information content (AvgIpc) is 2.60. The first-order valence-corrected chi connectivity index (χ1v) is 4.42. The van der Waals surface area contributed by atoms with Gasteiger partial charge >= 0.3 is 0 Å². The van der Waals surface area contributed by atoms with Crippen LogP contribution >= 0.6 is 0 Å². The molecule has 0 amide bonds. The minimum atomic E-state index is 0.347. The van der Waals surface area contributed by atoms with E-state index in [1.807, 2.05) is 36.1 Å². The lowest BCUT2D eigenvalue weighted by Crippen LogP contribution is -2.11. The fourth-order valence-corrected chi connectivity index (χ4v) is 1.44. The first-order chi connectivity index (χ1) is 6.33. The molecule has 0 aliphatic heterocycles. The number of aromatic nitrogens is 2. The van der Waals surface area contributed by atoms with Crippen molar-refractivity contribution in [1.29, 1.82) is 0 Å². The molecule has 1 N–H and O–H groups in total. The Hall–Kier alpha value is -1.35. The predicted octanol–water partition coefficient (Wildman–Crippen LogP) is 1.61. The summed E-state index contributed by atoms with van der Waals surface area (Å²) in [7, 11) is 1.96. The van der Waals surface area contributed by atoms with E-state index in [-0.39, 0.29) is 0 Å². The van der Waals surface area contributed by atoms with Crippen LogP contribution in [0.4, 0.5) is 0 Å². The van der Waals surface area contributed by atoms with Crippen molar-refractivity contribution in [1.82, 2.24) is 14.9 Å². The van der Waals surface area contributed by atoms with Gasteiger partial charge in [-0.25, -0.2) is 4.52 Å². The Labute approximate surface area is 77.4 Å². The van der Waals surface area contributed by atoms with Crippen LogP contribution in [-0.2, 0) is 0 Å². The van der Waals surface area contributed by atoms with Crippen molar-refractivity contribution in [2.24, 2.45) is 0 Å². The third-order valence-electron chi connectivity index (χ3n) is 2.36. The van der Waals surface area contributed by atoms with Crippen LogP contribution in [0.15, 0.2) is 30.6 Å². The number of hydrogen-bond acceptors (Lipinski definition) is 2. The standard InChI is InChI=1S/C10H13N3/c1-8(11-2)9-7-12-13-6-4-3-5-10(9)13/h3-8,11H,1-2H3. The first-order valence-electron chi connectivity index (χ1n) is 4.42. The van der Waals surface area contributed by atoms with Crippen molar-refractivity contribution >= 4 is 5.52 Å². The third-order valence-corrected chi connectivity index (χ3v) is 2.36. The van der Waals surface area contributed by atoms with Gasteiger partial charge in [0.2, 0.25) is 0 Å². The maximum absolute atomic E-state index is 4.26. The van der Waals surface area contributed by atoms with E-state index in [2.05, 4.69) is 23.4 Å². The molecule has 0 saturated carbocycles. The Morgan fingerprint density at radius 1 is 1.46 bits per heavy atom. The number of hydrogen-bond donors (Lipinski definition) is 1. The highest BCUT2D eigenvalue weighted by Crippen LogP contribution is 2.17. The molecule has 3 heteroatoms. The predicted molar refractivity (Wildman–Crippen MR) is 52.7 cm³/mol. The van der Waals surface area contributed by atoms with Gasteiger partial charge < -0.3 is 5.32 Å². The second-order valence-electron chi connectivity index (χ2n) is 3.14. The van der Waals surface area contributed by atoms with E-state index in [0.29, 0.717) is 6.04 Å². The zero-order valence-corrected chi connectivity index (χ0v) is 7.86. The van der Waals surface area contributed by atoms with Crippen molar-refractivity contribution in [3.63, 3.8) is 0 Å². The Morgan fingerprint density at radius 3 is 3.08 bits per heavy atom. The third kappa shape index (κ3) is 1.31. The van der Waals surface area contributed by atoms with E-state index in [1.165, 1.54) is 11.1 Å². The van der Waals surface area contributed by atoms with Gasteiger partial charge in [-0.3, -0.25) is 0 Å². The highest BCUT2D eigenvalue weighted by molar-refractivity contribution is 5.54. The summed E-state index contributed by atoms with van der Waals surface area (Å²) in [5.74, 6) is 0. The summed E-state index contributed by atoms with van der Waals surface area (Å²) in [5.41, 5.74) is 2.41. The van der Waals surface area contributed by atoms with Crippen LogP contribution in [0.5, 0.6) is 0 Å². The van der Waals surface area contributed by atoms with Crippen molar-refractivity contribution < 1.29 is 0 Å². The molecule has 0 aliphatic carbocycles. The van der Waals surface area contributed by atoms with Gasteiger partial charge in [-0.05, 0) is 26.1 Å². The second kappa shape index (κ2) is 3.18. The molecule has 2 rings (SSSR count). The monoisotopic (exact) mass is 175 g/mol. The van der Waals surface area contributed by atoms with Crippen LogP contribution in [0.1, 0.15) is 18.5 Å². The van der Waals surface area contributed by atoms with Gasteiger partial charge in [0.25, 0.3) is 0 Å². The fourth-order valence-electron chi connectivity index (χ4n) is 1.44. The molecule has 13 heavy (non-hydrogen) atoms. The second-order valence-corrected chi connectivity index (χ2v) is 3.14. The van der Waals surface area contributed by atoms with Crippen molar-refractivity contribution in [2.45, 2.75) is 13.0 Å². The van der Waals surface area contributed by atoms with Crippen LogP contribution in [0.25, 0.3) is 5.52 Å². The van der Waals surface area contributed by atoms with Gasteiger partial charge in [0, 0.05) is 17.8 Å². The lowest BCUT2D eigenvalue weighted by atomic mass is 10.1. The highest BCUT2D eigenvalue weighted by atomic mass is 15.2. The normalized spacial score (nSPS) is 13.4. The smallest absolute Gasteiger partial charge is 0.0709 e. The van der Waals surface area contributed by atoms with Gasteiger partial charge in [-0.2, -0.15) is 5.10 Å². The molecule has 1 atom stereocenters. The molecule has 1 unspecified atom stereocenters. The lowest BCUT2D eigenvalue weighted by Gasteiger charge is -2.07. The summed E-state index contributed by atoms with van der Waals surface area (Å²) in [5, 5.41) is 7.47. The molecule has 0 fully saturated rings. The zero-order valence-electron chi connectivity index (χ0n) is 7.86. The zero-order chi connectivity index (χ0) is 9.26. The van der Waals surface area contributed by atoms with Crippen LogP contribution in [-0.4, -0.2) is 16.7 Å². The molecular weight excluding hydrogens is 162 g/mol. The molecule has 3 nitrogen and oxygen atoms in total. The van der Waals surface area contributed by atoms with Gasteiger partial charge in [0.15, 0.2) is 0 Å². The molecule has 2 aromatic rings. The molecule has 0 aromatic carbocycles. The summed E-state index contributed by atoms with van der Waals surface area (Å²) in [6.45, 7) is 2.13. The maximum Gasteiger partial charge on any atom is 0.0709 e. The summed E-state index contributed by atoms with van der Waals surface area (Å²) in [6, 6.07) is 6.44. The first kappa shape index (κ1) is 8.26. The Morgan fingerprint density at radius 2 is 2.31 bits per heavy atom. The Bertz CT molecular complexity index is 405. The molecule has 2 heterocycles. The summed E-state index contributed by atoms with van der Waals surface area (Å²) in [6.07, 6.45) is 3.87. The largest absolute Gasteiger partial charge is 0.313 e. The summed E-state index contributed by atoms with van der Waals surface area (Å²) < 4.78 is 1.89. The van der Waals surface area contributed by atoms with Crippen molar-refractivity contribution in [3.05, 3.63) is 36.2 Å². The molecule has 0 saturated heterocycles. The minimum Gasteiger partial charge on any atom is -0.313 e. The van der Waals surface area contributed by atoms with Crippen molar-refractivity contribution in [3.8, 4) is 0 Å². The topological polar surface area (TPSA) is 29.3 Å². The van der Waals surface area contributed by atoms with E-state index in [9.17, 15) is 0 Å². The summed E-state index contributed by atoms with van der Waals surface area (Å²) in [4.78, 5) is 0. The van der Waals surface area contributed by atoms with Gasteiger partial charge in [-0.15, -0.1) is 0 Å². The average molecular weight is 175 g/mol. The van der Waals surface area contributed by atoms with Crippen LogP contribution in [0.2, 0.25) is 0 Å². The highest BCUT2D eigenvalue weighted by Gasteiger charge is 2.08. The number of nitrogens with zero attached hydrogens (tertiary/aromatic N) is 2.